The largest absolute Gasteiger partial charge is 0.454 e. The SMILES string of the molecule is C=CO/C=N\c1cc(N(CC)CC)ccc1N=Nc1c(Br)cc([N+](=O)[O-])cc1C#N. The Hall–Kier alpha value is -3.58. The van der Waals surface area contributed by atoms with Crippen LogP contribution in [0.5, 0.6) is 0 Å². The fourth-order valence-electron chi connectivity index (χ4n) is 2.60. The molecule has 30 heavy (non-hydrogen) atoms. The molecule has 154 valence electrons. The molecule has 2 rings (SSSR count). The number of hydrogen-bond acceptors (Lipinski definition) is 8. The van der Waals surface area contributed by atoms with Crippen molar-refractivity contribution in [2.75, 3.05) is 18.0 Å². The Labute approximate surface area is 182 Å². The van der Waals surface area contributed by atoms with Crippen LogP contribution in [-0.2, 0) is 4.74 Å². The van der Waals surface area contributed by atoms with Crippen LogP contribution in [0, 0.1) is 21.4 Å². The lowest BCUT2D eigenvalue weighted by Gasteiger charge is -2.21. The minimum atomic E-state index is -0.578. The average molecular weight is 471 g/mol. The van der Waals surface area contributed by atoms with E-state index in [1.54, 1.807) is 6.07 Å². The molecule has 2 aromatic carbocycles. The summed E-state index contributed by atoms with van der Waals surface area (Å²) in [5.41, 5.74) is 1.89. The van der Waals surface area contributed by atoms with Crippen LogP contribution < -0.4 is 4.90 Å². The number of anilines is 1. The maximum atomic E-state index is 11.0. The summed E-state index contributed by atoms with van der Waals surface area (Å²) in [7, 11) is 0. The average Bonchev–Trinajstić information content (AvgIpc) is 2.74. The molecule has 0 radical (unpaired) electrons. The molecule has 0 aliphatic heterocycles. The highest BCUT2D eigenvalue weighted by Gasteiger charge is 2.15. The van der Waals surface area contributed by atoms with Crippen molar-refractivity contribution >= 4 is 50.8 Å². The molecule has 0 atom stereocenters. The summed E-state index contributed by atoms with van der Waals surface area (Å²) in [6.07, 6.45) is 2.47. The van der Waals surface area contributed by atoms with E-state index in [0.717, 1.165) is 24.8 Å². The first kappa shape index (κ1) is 22.7. The minimum Gasteiger partial charge on any atom is -0.454 e. The van der Waals surface area contributed by atoms with E-state index in [-0.39, 0.29) is 21.4 Å². The summed E-state index contributed by atoms with van der Waals surface area (Å²) in [6, 6.07) is 9.83. The summed E-state index contributed by atoms with van der Waals surface area (Å²) in [4.78, 5) is 16.8. The predicted octanol–water partition coefficient (Wildman–Crippen LogP) is 6.31. The molecule has 0 bridgehead atoms. The maximum absolute atomic E-state index is 11.0. The molecule has 0 N–H and O–H groups in total. The van der Waals surface area contributed by atoms with Crippen LogP contribution in [0.3, 0.4) is 0 Å². The lowest BCUT2D eigenvalue weighted by molar-refractivity contribution is -0.384. The predicted molar refractivity (Wildman–Crippen MR) is 119 cm³/mol. The number of nitro benzene ring substituents is 1. The smallest absolute Gasteiger partial charge is 0.272 e. The third-order valence-corrected chi connectivity index (χ3v) is 4.68. The second-order valence-electron chi connectivity index (χ2n) is 5.78. The van der Waals surface area contributed by atoms with E-state index in [9.17, 15) is 15.4 Å². The molecule has 0 saturated carbocycles. The highest BCUT2D eigenvalue weighted by molar-refractivity contribution is 9.10. The quantitative estimate of drug-likeness (QED) is 0.106. The van der Waals surface area contributed by atoms with Gasteiger partial charge in [0, 0.05) is 30.9 Å². The van der Waals surface area contributed by atoms with Gasteiger partial charge in [-0.1, -0.05) is 6.58 Å². The third kappa shape index (κ3) is 5.48. The van der Waals surface area contributed by atoms with Crippen molar-refractivity contribution in [1.29, 1.82) is 5.26 Å². The monoisotopic (exact) mass is 470 g/mol. The minimum absolute atomic E-state index is 0.0274. The van der Waals surface area contributed by atoms with Crippen LogP contribution in [0.15, 0.2) is 62.9 Å². The Kier molecular flexibility index (Phi) is 8.19. The summed E-state index contributed by atoms with van der Waals surface area (Å²) in [5, 5.41) is 28.7. The van der Waals surface area contributed by atoms with Gasteiger partial charge in [0.2, 0.25) is 0 Å². The molecule has 9 nitrogen and oxygen atoms in total. The van der Waals surface area contributed by atoms with Crippen molar-refractivity contribution in [2.24, 2.45) is 15.2 Å². The van der Waals surface area contributed by atoms with Crippen molar-refractivity contribution in [3.05, 3.63) is 63.3 Å². The van der Waals surface area contributed by atoms with Crippen molar-refractivity contribution in [2.45, 2.75) is 13.8 Å². The third-order valence-electron chi connectivity index (χ3n) is 4.07. The number of nitriles is 1. The molecule has 0 fully saturated rings. The van der Waals surface area contributed by atoms with Gasteiger partial charge in [-0.15, -0.1) is 10.2 Å². The van der Waals surface area contributed by atoms with Gasteiger partial charge in [-0.05, 0) is 48.0 Å². The summed E-state index contributed by atoms with van der Waals surface area (Å²) >= 11 is 3.22. The highest BCUT2D eigenvalue weighted by Crippen LogP contribution is 2.37. The van der Waals surface area contributed by atoms with Crippen LogP contribution >= 0.6 is 15.9 Å². The number of nitro groups is 1. The Morgan fingerprint density at radius 3 is 2.60 bits per heavy atom. The highest BCUT2D eigenvalue weighted by atomic mass is 79.9. The molecule has 0 saturated heterocycles. The zero-order valence-electron chi connectivity index (χ0n) is 16.4. The molecule has 0 aliphatic rings. The van der Waals surface area contributed by atoms with Crippen LogP contribution in [0.1, 0.15) is 19.4 Å². The molecular formula is C20H19BrN6O3. The molecule has 0 amide bonds. The van der Waals surface area contributed by atoms with E-state index in [1.807, 2.05) is 18.2 Å². The summed E-state index contributed by atoms with van der Waals surface area (Å²) in [6.45, 7) is 9.22. The van der Waals surface area contributed by atoms with E-state index in [0.29, 0.717) is 11.4 Å². The van der Waals surface area contributed by atoms with E-state index in [1.165, 1.54) is 18.7 Å². The number of azo groups is 1. The van der Waals surface area contributed by atoms with E-state index >= 15 is 0 Å². The molecule has 0 spiro atoms. The van der Waals surface area contributed by atoms with Crippen LogP contribution in [-0.4, -0.2) is 24.4 Å². The van der Waals surface area contributed by atoms with Gasteiger partial charge >= 0.3 is 0 Å². The van der Waals surface area contributed by atoms with Gasteiger partial charge in [-0.2, -0.15) is 5.26 Å². The maximum Gasteiger partial charge on any atom is 0.272 e. The van der Waals surface area contributed by atoms with Gasteiger partial charge in [0.1, 0.15) is 17.4 Å². The number of nitrogens with zero attached hydrogens (tertiary/aromatic N) is 6. The first-order chi connectivity index (χ1) is 14.4. The first-order valence-corrected chi connectivity index (χ1v) is 9.72. The Bertz CT molecular complexity index is 1040. The molecule has 0 heterocycles. The standard InChI is InChI=1S/C20H19BrN6O3/c1-4-26(5-2)15-7-8-18(19(11-15)23-13-30-6-3)24-25-20-14(12-22)9-16(27(28)29)10-17(20)21/h6-11,13H,3-5H2,1-2H3/b23-13-,25-24?. The van der Waals surface area contributed by atoms with Crippen molar-refractivity contribution in [1.82, 2.24) is 0 Å². The zero-order valence-corrected chi connectivity index (χ0v) is 18.0. The van der Waals surface area contributed by atoms with Gasteiger partial charge in [0.15, 0.2) is 6.40 Å². The van der Waals surface area contributed by atoms with Gasteiger partial charge in [0.25, 0.3) is 5.69 Å². The van der Waals surface area contributed by atoms with E-state index in [2.05, 4.69) is 56.5 Å². The topological polar surface area (TPSA) is 116 Å². The van der Waals surface area contributed by atoms with E-state index in [4.69, 9.17) is 4.74 Å². The van der Waals surface area contributed by atoms with Crippen LogP contribution in [0.4, 0.5) is 28.4 Å². The van der Waals surface area contributed by atoms with Crippen molar-refractivity contribution < 1.29 is 9.66 Å². The number of halogens is 1. The van der Waals surface area contributed by atoms with E-state index < -0.39 is 4.92 Å². The summed E-state index contributed by atoms with van der Waals surface area (Å²) < 4.78 is 5.26. The number of benzene rings is 2. The van der Waals surface area contributed by atoms with Gasteiger partial charge < -0.3 is 9.64 Å². The van der Waals surface area contributed by atoms with Crippen molar-refractivity contribution in [3.8, 4) is 6.07 Å². The Morgan fingerprint density at radius 2 is 2.00 bits per heavy atom. The second kappa shape index (κ2) is 10.8. The number of non-ortho nitro benzene ring substituents is 1. The van der Waals surface area contributed by atoms with Crippen LogP contribution in [0.2, 0.25) is 0 Å². The normalized spacial score (nSPS) is 10.9. The lowest BCUT2D eigenvalue weighted by Crippen LogP contribution is -2.21. The van der Waals surface area contributed by atoms with Gasteiger partial charge in [-0.3, -0.25) is 10.1 Å². The van der Waals surface area contributed by atoms with Gasteiger partial charge in [0.05, 0.1) is 26.9 Å². The van der Waals surface area contributed by atoms with Crippen LogP contribution in [0.25, 0.3) is 0 Å². The zero-order chi connectivity index (χ0) is 22.1. The number of ether oxygens (including phenoxy) is 1. The second-order valence-corrected chi connectivity index (χ2v) is 6.63. The molecular weight excluding hydrogens is 452 g/mol. The first-order valence-electron chi connectivity index (χ1n) is 8.92. The molecule has 0 unspecified atom stereocenters. The molecule has 0 aliphatic carbocycles. The lowest BCUT2D eigenvalue weighted by atomic mass is 10.2. The number of aliphatic imine (C=N–C) groups is 1. The Balaban J connectivity index is 2.51. The number of rotatable bonds is 9. The molecule has 2 aromatic rings. The fourth-order valence-corrected chi connectivity index (χ4v) is 3.12. The fraction of sp³-hybridized carbons (Fsp3) is 0.200. The molecule has 10 heteroatoms. The summed E-state index contributed by atoms with van der Waals surface area (Å²) in [5.74, 6) is 0. The van der Waals surface area contributed by atoms with Crippen molar-refractivity contribution in [3.63, 3.8) is 0 Å². The Morgan fingerprint density at radius 1 is 1.27 bits per heavy atom. The molecule has 0 aromatic heterocycles. The van der Waals surface area contributed by atoms with Gasteiger partial charge in [-0.25, -0.2) is 4.99 Å². The number of hydrogen-bond donors (Lipinski definition) is 0.